The number of benzene rings is 2. The lowest BCUT2D eigenvalue weighted by atomic mass is 10.1. The SMILES string of the molecule is O=C(Cc1ccc(F)cc1)Nc1ccc(Br)cc1Cl. The molecule has 2 nitrogen and oxygen atoms in total. The topological polar surface area (TPSA) is 29.1 Å². The van der Waals surface area contributed by atoms with Crippen LogP contribution < -0.4 is 5.32 Å². The minimum absolute atomic E-state index is 0.173. The lowest BCUT2D eigenvalue weighted by Gasteiger charge is -2.07. The molecule has 2 aromatic rings. The van der Waals surface area contributed by atoms with Gasteiger partial charge in [0.15, 0.2) is 0 Å². The summed E-state index contributed by atoms with van der Waals surface area (Å²) < 4.78 is 13.6. The van der Waals surface area contributed by atoms with Gasteiger partial charge >= 0.3 is 0 Å². The van der Waals surface area contributed by atoms with Crippen LogP contribution in [0.3, 0.4) is 0 Å². The molecule has 0 bridgehead atoms. The summed E-state index contributed by atoms with van der Waals surface area (Å²) in [5.74, 6) is -0.518. The minimum atomic E-state index is -0.319. The van der Waals surface area contributed by atoms with Crippen molar-refractivity contribution in [2.75, 3.05) is 5.32 Å². The van der Waals surface area contributed by atoms with E-state index in [-0.39, 0.29) is 18.1 Å². The third-order valence-corrected chi connectivity index (χ3v) is 3.29. The number of carbonyl (C=O) groups is 1. The maximum absolute atomic E-state index is 12.7. The summed E-state index contributed by atoms with van der Waals surface area (Å²) in [6.45, 7) is 0. The Labute approximate surface area is 123 Å². The summed E-state index contributed by atoms with van der Waals surface area (Å²) in [6.07, 6.45) is 0.173. The number of nitrogens with one attached hydrogen (secondary N) is 1. The Balaban J connectivity index is 2.03. The van der Waals surface area contributed by atoms with Crippen molar-refractivity contribution < 1.29 is 9.18 Å². The molecular weight excluding hydrogens is 333 g/mol. The number of hydrogen-bond donors (Lipinski definition) is 1. The Hall–Kier alpha value is -1.39. The Morgan fingerprint density at radius 1 is 1.21 bits per heavy atom. The van der Waals surface area contributed by atoms with Crippen LogP contribution in [0.15, 0.2) is 46.9 Å². The predicted octanol–water partition coefficient (Wildman–Crippen LogP) is 4.42. The summed E-state index contributed by atoms with van der Waals surface area (Å²) in [5, 5.41) is 3.18. The van der Waals surface area contributed by atoms with Crippen molar-refractivity contribution in [1.29, 1.82) is 0 Å². The first-order valence-electron chi connectivity index (χ1n) is 5.54. The van der Waals surface area contributed by atoms with Crippen LogP contribution in [0.5, 0.6) is 0 Å². The van der Waals surface area contributed by atoms with Crippen LogP contribution in [0.4, 0.5) is 10.1 Å². The molecule has 5 heteroatoms. The summed E-state index contributed by atoms with van der Waals surface area (Å²) in [4.78, 5) is 11.8. The Kier molecular flexibility index (Phi) is 4.56. The van der Waals surface area contributed by atoms with Gasteiger partial charge in [0, 0.05) is 4.47 Å². The molecule has 0 fully saturated rings. The number of hydrogen-bond acceptors (Lipinski definition) is 1. The van der Waals surface area contributed by atoms with Gasteiger partial charge in [0.2, 0.25) is 5.91 Å². The van der Waals surface area contributed by atoms with E-state index >= 15 is 0 Å². The maximum atomic E-state index is 12.7. The highest BCUT2D eigenvalue weighted by molar-refractivity contribution is 9.10. The van der Waals surface area contributed by atoms with E-state index < -0.39 is 0 Å². The summed E-state index contributed by atoms with van der Waals surface area (Å²) in [6, 6.07) is 11.0. The second kappa shape index (κ2) is 6.17. The van der Waals surface area contributed by atoms with Gasteiger partial charge in [-0.15, -0.1) is 0 Å². The first-order valence-corrected chi connectivity index (χ1v) is 6.71. The van der Waals surface area contributed by atoms with Crippen LogP contribution in [0.2, 0.25) is 5.02 Å². The quantitative estimate of drug-likeness (QED) is 0.879. The third kappa shape index (κ3) is 4.04. The molecule has 1 amide bonds. The fourth-order valence-electron chi connectivity index (χ4n) is 1.57. The first kappa shape index (κ1) is 14.0. The van der Waals surface area contributed by atoms with Gasteiger partial charge in [-0.25, -0.2) is 4.39 Å². The van der Waals surface area contributed by atoms with Gasteiger partial charge in [-0.05, 0) is 35.9 Å². The van der Waals surface area contributed by atoms with Crippen LogP contribution in [0.25, 0.3) is 0 Å². The van der Waals surface area contributed by atoms with E-state index in [0.717, 1.165) is 10.0 Å². The molecule has 2 rings (SSSR count). The average Bonchev–Trinajstić information content (AvgIpc) is 2.36. The Morgan fingerprint density at radius 2 is 1.89 bits per heavy atom. The van der Waals surface area contributed by atoms with Gasteiger partial charge < -0.3 is 5.32 Å². The van der Waals surface area contributed by atoms with E-state index in [9.17, 15) is 9.18 Å². The number of amides is 1. The van der Waals surface area contributed by atoms with E-state index in [2.05, 4.69) is 21.2 Å². The number of halogens is 3. The van der Waals surface area contributed by atoms with Crippen molar-refractivity contribution >= 4 is 39.1 Å². The second-order valence-corrected chi connectivity index (χ2v) is 5.30. The highest BCUT2D eigenvalue weighted by Crippen LogP contribution is 2.25. The fraction of sp³-hybridized carbons (Fsp3) is 0.0714. The minimum Gasteiger partial charge on any atom is -0.324 e. The number of anilines is 1. The molecule has 0 radical (unpaired) electrons. The molecule has 2 aromatic carbocycles. The van der Waals surface area contributed by atoms with Crippen LogP contribution in [-0.2, 0) is 11.2 Å². The Morgan fingerprint density at radius 3 is 2.53 bits per heavy atom. The van der Waals surface area contributed by atoms with Gasteiger partial charge in [-0.1, -0.05) is 39.7 Å². The molecule has 1 N–H and O–H groups in total. The molecule has 0 spiro atoms. The van der Waals surface area contributed by atoms with Crippen molar-refractivity contribution in [1.82, 2.24) is 0 Å². The highest BCUT2D eigenvalue weighted by atomic mass is 79.9. The van der Waals surface area contributed by atoms with Gasteiger partial charge in [0.05, 0.1) is 17.1 Å². The van der Waals surface area contributed by atoms with Crippen LogP contribution >= 0.6 is 27.5 Å². The predicted molar refractivity (Wildman–Crippen MR) is 77.9 cm³/mol. The molecule has 98 valence electrons. The molecule has 0 heterocycles. The molecule has 0 atom stereocenters. The van der Waals surface area contributed by atoms with Crippen molar-refractivity contribution in [3.63, 3.8) is 0 Å². The first-order chi connectivity index (χ1) is 9.04. The van der Waals surface area contributed by atoms with Gasteiger partial charge in [-0.2, -0.15) is 0 Å². The number of carbonyl (C=O) groups excluding carboxylic acids is 1. The average molecular weight is 343 g/mol. The largest absolute Gasteiger partial charge is 0.324 e. The van der Waals surface area contributed by atoms with Crippen LogP contribution in [0, 0.1) is 5.82 Å². The van der Waals surface area contributed by atoms with Gasteiger partial charge in [0.25, 0.3) is 0 Å². The van der Waals surface area contributed by atoms with E-state index in [1.54, 1.807) is 30.3 Å². The van der Waals surface area contributed by atoms with E-state index in [1.807, 2.05) is 0 Å². The van der Waals surface area contributed by atoms with Gasteiger partial charge in [-0.3, -0.25) is 4.79 Å². The van der Waals surface area contributed by atoms with Crippen LogP contribution in [-0.4, -0.2) is 5.91 Å². The third-order valence-electron chi connectivity index (χ3n) is 2.48. The van der Waals surface area contributed by atoms with Crippen molar-refractivity contribution in [3.8, 4) is 0 Å². The molecule has 0 saturated heterocycles. The Bertz CT molecular complexity index is 601. The normalized spacial score (nSPS) is 10.3. The fourth-order valence-corrected chi connectivity index (χ4v) is 2.29. The summed E-state index contributed by atoms with van der Waals surface area (Å²) >= 11 is 9.29. The lowest BCUT2D eigenvalue weighted by molar-refractivity contribution is -0.115. The van der Waals surface area contributed by atoms with Crippen molar-refractivity contribution in [2.24, 2.45) is 0 Å². The monoisotopic (exact) mass is 341 g/mol. The maximum Gasteiger partial charge on any atom is 0.228 e. The molecular formula is C14H10BrClFNO. The molecule has 19 heavy (non-hydrogen) atoms. The number of rotatable bonds is 3. The van der Waals surface area contributed by atoms with Crippen molar-refractivity contribution in [3.05, 3.63) is 63.3 Å². The zero-order valence-corrected chi connectivity index (χ0v) is 12.1. The van der Waals surface area contributed by atoms with Gasteiger partial charge in [0.1, 0.15) is 5.82 Å². The van der Waals surface area contributed by atoms with E-state index in [0.29, 0.717) is 10.7 Å². The summed E-state index contributed by atoms with van der Waals surface area (Å²) in [5.41, 5.74) is 1.30. The molecule has 0 aromatic heterocycles. The van der Waals surface area contributed by atoms with Crippen LogP contribution in [0.1, 0.15) is 5.56 Å². The van der Waals surface area contributed by atoms with Crippen molar-refractivity contribution in [2.45, 2.75) is 6.42 Å². The molecule has 0 unspecified atom stereocenters. The highest BCUT2D eigenvalue weighted by Gasteiger charge is 2.07. The molecule has 0 aliphatic carbocycles. The molecule has 0 aliphatic heterocycles. The zero-order chi connectivity index (χ0) is 13.8. The smallest absolute Gasteiger partial charge is 0.228 e. The summed E-state index contributed by atoms with van der Waals surface area (Å²) in [7, 11) is 0. The zero-order valence-electron chi connectivity index (χ0n) is 9.79. The van der Waals surface area contributed by atoms with E-state index in [4.69, 9.17) is 11.6 Å². The van der Waals surface area contributed by atoms with E-state index in [1.165, 1.54) is 12.1 Å². The molecule has 0 saturated carbocycles. The standard InChI is InChI=1S/C14H10BrClFNO/c15-10-3-6-13(12(16)8-10)18-14(19)7-9-1-4-11(17)5-2-9/h1-6,8H,7H2,(H,18,19). The molecule has 0 aliphatic rings. The second-order valence-electron chi connectivity index (χ2n) is 3.98. The lowest BCUT2D eigenvalue weighted by Crippen LogP contribution is -2.14.